The first-order chi connectivity index (χ1) is 9.56. The van der Waals surface area contributed by atoms with Gasteiger partial charge >= 0.3 is 0 Å². The Kier molecular flexibility index (Phi) is 2.78. The van der Waals surface area contributed by atoms with E-state index in [1.165, 1.54) is 0 Å². The topological polar surface area (TPSA) is 72.9 Å². The van der Waals surface area contributed by atoms with Gasteiger partial charge in [-0.25, -0.2) is 4.98 Å². The molecule has 6 heteroatoms. The summed E-state index contributed by atoms with van der Waals surface area (Å²) in [7, 11) is 3.90. The normalized spacial score (nSPS) is 10.9. The standard InChI is InChI=1S/C14H16N6/c1-9-11-8-10(4-5-12(11)18-20(9)3)19(2)13-6-7-16-14(15)17-13/h4-8H,1-3H3,(H2,15,16,17). The van der Waals surface area contributed by atoms with Crippen LogP contribution in [0, 0.1) is 6.92 Å². The second-order valence-electron chi connectivity index (χ2n) is 4.74. The van der Waals surface area contributed by atoms with Crippen LogP contribution in [0.15, 0.2) is 30.5 Å². The molecule has 0 radical (unpaired) electrons. The van der Waals surface area contributed by atoms with E-state index >= 15 is 0 Å². The highest BCUT2D eigenvalue weighted by Gasteiger charge is 2.10. The molecular weight excluding hydrogens is 252 g/mol. The van der Waals surface area contributed by atoms with Gasteiger partial charge in [0.05, 0.1) is 5.52 Å². The minimum atomic E-state index is 0.271. The van der Waals surface area contributed by atoms with Crippen LogP contribution in [0.4, 0.5) is 17.5 Å². The van der Waals surface area contributed by atoms with Crippen molar-refractivity contribution in [1.29, 1.82) is 0 Å². The van der Waals surface area contributed by atoms with Crippen molar-refractivity contribution in [2.24, 2.45) is 7.05 Å². The maximum Gasteiger partial charge on any atom is 0.221 e. The average molecular weight is 268 g/mol. The molecule has 1 aromatic carbocycles. The summed E-state index contributed by atoms with van der Waals surface area (Å²) in [5, 5.41) is 5.59. The van der Waals surface area contributed by atoms with E-state index in [1.807, 2.05) is 41.9 Å². The van der Waals surface area contributed by atoms with Gasteiger partial charge < -0.3 is 10.6 Å². The number of nitrogen functional groups attached to an aromatic ring is 1. The van der Waals surface area contributed by atoms with E-state index in [0.29, 0.717) is 0 Å². The average Bonchev–Trinajstić information content (AvgIpc) is 2.73. The van der Waals surface area contributed by atoms with Crippen LogP contribution in [-0.2, 0) is 7.05 Å². The van der Waals surface area contributed by atoms with Gasteiger partial charge in [0.25, 0.3) is 0 Å². The first-order valence-corrected chi connectivity index (χ1v) is 6.32. The molecule has 0 aliphatic heterocycles. The van der Waals surface area contributed by atoms with Crippen LogP contribution in [0.5, 0.6) is 0 Å². The van der Waals surface area contributed by atoms with Crippen molar-refractivity contribution < 1.29 is 0 Å². The largest absolute Gasteiger partial charge is 0.368 e. The number of aromatic nitrogens is 4. The number of aryl methyl sites for hydroxylation is 2. The van der Waals surface area contributed by atoms with E-state index in [2.05, 4.69) is 28.1 Å². The summed E-state index contributed by atoms with van der Waals surface area (Å²) < 4.78 is 1.89. The zero-order chi connectivity index (χ0) is 14.3. The molecule has 0 atom stereocenters. The molecule has 20 heavy (non-hydrogen) atoms. The maximum absolute atomic E-state index is 5.63. The van der Waals surface area contributed by atoms with Crippen molar-refractivity contribution in [1.82, 2.24) is 19.7 Å². The Morgan fingerprint density at radius 2 is 2.05 bits per heavy atom. The quantitative estimate of drug-likeness (QED) is 0.769. The fourth-order valence-corrected chi connectivity index (χ4v) is 2.20. The zero-order valence-corrected chi connectivity index (χ0v) is 11.7. The molecule has 102 valence electrons. The Balaban J connectivity index is 2.07. The Bertz CT molecular complexity index is 776. The Morgan fingerprint density at radius 1 is 1.25 bits per heavy atom. The molecule has 0 aliphatic carbocycles. The summed E-state index contributed by atoms with van der Waals surface area (Å²) in [6.45, 7) is 2.06. The number of rotatable bonds is 2. The first kappa shape index (κ1) is 12.4. The molecule has 2 aromatic heterocycles. The predicted molar refractivity (Wildman–Crippen MR) is 80.0 cm³/mol. The van der Waals surface area contributed by atoms with Crippen molar-refractivity contribution in [2.45, 2.75) is 6.92 Å². The van der Waals surface area contributed by atoms with Gasteiger partial charge in [0, 0.05) is 37.1 Å². The van der Waals surface area contributed by atoms with Crippen molar-refractivity contribution >= 4 is 28.4 Å². The van der Waals surface area contributed by atoms with Crippen LogP contribution in [0.2, 0.25) is 0 Å². The van der Waals surface area contributed by atoms with Crippen LogP contribution >= 0.6 is 0 Å². The molecule has 2 heterocycles. The first-order valence-electron chi connectivity index (χ1n) is 6.32. The third kappa shape index (κ3) is 1.95. The summed E-state index contributed by atoms with van der Waals surface area (Å²) >= 11 is 0. The van der Waals surface area contributed by atoms with Crippen LogP contribution in [0.1, 0.15) is 5.69 Å². The van der Waals surface area contributed by atoms with E-state index in [0.717, 1.165) is 28.1 Å². The van der Waals surface area contributed by atoms with E-state index in [-0.39, 0.29) is 5.95 Å². The van der Waals surface area contributed by atoms with E-state index in [9.17, 15) is 0 Å². The Morgan fingerprint density at radius 3 is 2.80 bits per heavy atom. The molecule has 0 amide bonds. The summed E-state index contributed by atoms with van der Waals surface area (Å²) in [5.74, 6) is 1.03. The lowest BCUT2D eigenvalue weighted by Gasteiger charge is -2.18. The number of hydrogen-bond donors (Lipinski definition) is 1. The van der Waals surface area contributed by atoms with E-state index < -0.39 is 0 Å². The molecule has 3 aromatic rings. The second-order valence-corrected chi connectivity index (χ2v) is 4.74. The highest BCUT2D eigenvalue weighted by atomic mass is 15.3. The van der Waals surface area contributed by atoms with Crippen LogP contribution in [-0.4, -0.2) is 26.8 Å². The van der Waals surface area contributed by atoms with Gasteiger partial charge in [0.2, 0.25) is 5.95 Å². The lowest BCUT2D eigenvalue weighted by molar-refractivity contribution is 0.751. The highest BCUT2D eigenvalue weighted by Crippen LogP contribution is 2.27. The Labute approximate surface area is 116 Å². The molecular formula is C14H16N6. The van der Waals surface area contributed by atoms with Gasteiger partial charge in [-0.05, 0) is 31.2 Å². The SMILES string of the molecule is Cc1c2cc(N(C)c3ccnc(N)n3)ccc2nn1C. The van der Waals surface area contributed by atoms with Gasteiger partial charge in [-0.3, -0.25) is 4.68 Å². The number of fused-ring (bicyclic) bond motifs is 1. The number of nitrogens with two attached hydrogens (primary N) is 1. The number of hydrogen-bond acceptors (Lipinski definition) is 5. The molecule has 0 saturated heterocycles. The van der Waals surface area contributed by atoms with Gasteiger partial charge in [0.15, 0.2) is 0 Å². The third-order valence-electron chi connectivity index (χ3n) is 3.50. The number of benzene rings is 1. The second kappa shape index (κ2) is 4.48. The van der Waals surface area contributed by atoms with E-state index in [1.54, 1.807) is 6.20 Å². The summed E-state index contributed by atoms with van der Waals surface area (Å²) in [5.41, 5.74) is 8.79. The van der Waals surface area contributed by atoms with Crippen molar-refractivity contribution in [3.63, 3.8) is 0 Å². The molecule has 0 bridgehead atoms. The lowest BCUT2D eigenvalue weighted by atomic mass is 10.2. The summed E-state index contributed by atoms with van der Waals surface area (Å²) in [6, 6.07) is 7.97. The Hall–Kier alpha value is -2.63. The molecule has 6 nitrogen and oxygen atoms in total. The molecule has 0 fully saturated rings. The van der Waals surface area contributed by atoms with E-state index in [4.69, 9.17) is 5.73 Å². The number of anilines is 3. The molecule has 0 saturated carbocycles. The monoisotopic (exact) mass is 268 g/mol. The van der Waals surface area contributed by atoms with Gasteiger partial charge in [-0.15, -0.1) is 0 Å². The van der Waals surface area contributed by atoms with Gasteiger partial charge in [-0.2, -0.15) is 10.1 Å². The van der Waals surface area contributed by atoms with Crippen LogP contribution in [0.25, 0.3) is 10.9 Å². The summed E-state index contributed by atoms with van der Waals surface area (Å²) in [4.78, 5) is 10.1. The lowest BCUT2D eigenvalue weighted by Crippen LogP contribution is -2.12. The van der Waals surface area contributed by atoms with Crippen molar-refractivity contribution in [3.05, 3.63) is 36.2 Å². The minimum absolute atomic E-state index is 0.271. The number of nitrogens with zero attached hydrogens (tertiary/aromatic N) is 5. The van der Waals surface area contributed by atoms with Crippen molar-refractivity contribution in [2.75, 3.05) is 17.7 Å². The van der Waals surface area contributed by atoms with Crippen molar-refractivity contribution in [3.8, 4) is 0 Å². The fourth-order valence-electron chi connectivity index (χ4n) is 2.20. The summed E-state index contributed by atoms with van der Waals surface area (Å²) in [6.07, 6.45) is 1.65. The molecule has 0 aliphatic rings. The van der Waals surface area contributed by atoms with Crippen LogP contribution < -0.4 is 10.6 Å². The smallest absolute Gasteiger partial charge is 0.221 e. The fraction of sp³-hybridized carbons (Fsp3) is 0.214. The minimum Gasteiger partial charge on any atom is -0.368 e. The maximum atomic E-state index is 5.63. The van der Waals surface area contributed by atoms with Gasteiger partial charge in [0.1, 0.15) is 5.82 Å². The van der Waals surface area contributed by atoms with Gasteiger partial charge in [-0.1, -0.05) is 0 Å². The molecule has 2 N–H and O–H groups in total. The zero-order valence-electron chi connectivity index (χ0n) is 11.7. The molecule has 0 unspecified atom stereocenters. The third-order valence-corrected chi connectivity index (χ3v) is 3.50. The molecule has 3 rings (SSSR count). The molecule has 0 spiro atoms. The van der Waals surface area contributed by atoms with Crippen LogP contribution in [0.3, 0.4) is 0 Å². The highest BCUT2D eigenvalue weighted by molar-refractivity contribution is 5.86. The predicted octanol–water partition coefficient (Wildman–Crippen LogP) is 2.02.